The summed E-state index contributed by atoms with van der Waals surface area (Å²) in [4.78, 5) is 76.9. The van der Waals surface area contributed by atoms with Crippen LogP contribution in [0.4, 0.5) is 17.3 Å². The van der Waals surface area contributed by atoms with Crippen LogP contribution in [0.5, 0.6) is 0 Å². The molecule has 3 aliphatic rings. The summed E-state index contributed by atoms with van der Waals surface area (Å²) in [5.74, 6) is -2.06. The maximum absolute atomic E-state index is 13.3. The Hall–Kier alpha value is -6.47. The minimum absolute atomic E-state index is 0.0473. The lowest BCUT2D eigenvalue weighted by Crippen LogP contribution is -2.64. The molecule has 5 aromatic rings. The van der Waals surface area contributed by atoms with Gasteiger partial charge in [-0.05, 0) is 75.1 Å². The number of carbonyl (C=O) groups is 5. The van der Waals surface area contributed by atoms with Gasteiger partial charge in [0.1, 0.15) is 11.7 Å². The predicted octanol–water partition coefficient (Wildman–Crippen LogP) is 3.36. The first-order valence-electron chi connectivity index (χ1n) is 19.5. The second kappa shape index (κ2) is 15.7. The van der Waals surface area contributed by atoms with Crippen LogP contribution in [0.25, 0.3) is 22.3 Å². The number of hydrogen-bond acceptors (Lipinski definition) is 12. The van der Waals surface area contributed by atoms with Gasteiger partial charge < -0.3 is 20.9 Å². The molecule has 0 spiro atoms. The lowest BCUT2D eigenvalue weighted by atomic mass is 9.89. The Labute approximate surface area is 339 Å². The van der Waals surface area contributed by atoms with Gasteiger partial charge in [-0.15, -0.1) is 0 Å². The molecular formula is C40H43N11O7S. The molecule has 19 heteroatoms. The third-order valence-electron chi connectivity index (χ3n) is 11.2. The summed E-state index contributed by atoms with van der Waals surface area (Å²) in [5.41, 5.74) is 3.64. The van der Waals surface area contributed by atoms with Gasteiger partial charge in [-0.1, -0.05) is 13.0 Å². The standard InChI is InChI=1S/C40H43N11O7S/c1-3-40(22-49(23-40)59(57,58)4-2)50-21-25(20-44-50)33-28-16-19-42-34(28)48-39(47-33)45-26-12-10-24(11-13-26)35(53)43-18-6-5-17-41-29-9-7-8-27-32(29)38(56)51(37(27)55)30-14-15-31(52)46-36(30)54/h7-13,16,19-21,30,41H,3-6,14-15,17-18,22-23H2,1-2H3,(H,43,53)(H,46,52,54)(H2,42,45,47,48). The molecule has 2 saturated heterocycles. The van der Waals surface area contributed by atoms with Gasteiger partial charge in [-0.25, -0.2) is 13.4 Å². The van der Waals surface area contributed by atoms with Crippen LogP contribution in [0.3, 0.4) is 0 Å². The molecule has 8 rings (SSSR count). The SMILES string of the molecule is CCC1(n2cc(-c3nc(Nc4ccc(C(=O)NCCCCNc5cccc6c5C(=O)N(C5CCC(=O)NC5=O)C6=O)cc4)nc4[nH]ccc34)cn2)CN(S(=O)(=O)CC)C1. The Balaban J connectivity index is 0.837. The van der Waals surface area contributed by atoms with Crippen LogP contribution in [0.1, 0.15) is 77.0 Å². The normalized spacial score (nSPS) is 17.8. The van der Waals surface area contributed by atoms with Gasteiger partial charge in [-0.3, -0.25) is 38.9 Å². The second-order valence-electron chi connectivity index (χ2n) is 14.8. The van der Waals surface area contributed by atoms with Crippen molar-refractivity contribution in [3.8, 4) is 11.3 Å². The number of sulfonamides is 1. The van der Waals surface area contributed by atoms with E-state index in [1.54, 1.807) is 61.8 Å². The fourth-order valence-corrected chi connectivity index (χ4v) is 8.95. The van der Waals surface area contributed by atoms with Crippen molar-refractivity contribution >= 4 is 67.9 Å². The third kappa shape index (κ3) is 7.42. The van der Waals surface area contributed by atoms with Crippen LogP contribution in [-0.2, 0) is 25.2 Å². The number of anilines is 3. The number of unbranched alkanes of at least 4 members (excludes halogenated alkanes) is 1. The molecule has 3 aliphatic heterocycles. The number of benzene rings is 2. The Morgan fingerprint density at radius 1 is 0.966 bits per heavy atom. The molecule has 2 aromatic carbocycles. The fraction of sp³-hybridized carbons (Fsp3) is 0.350. The highest BCUT2D eigenvalue weighted by Crippen LogP contribution is 2.37. The highest BCUT2D eigenvalue weighted by Gasteiger charge is 2.49. The average molecular weight is 822 g/mol. The quantitative estimate of drug-likeness (QED) is 0.0756. The van der Waals surface area contributed by atoms with Crippen molar-refractivity contribution in [2.45, 2.75) is 57.5 Å². The summed E-state index contributed by atoms with van der Waals surface area (Å²) in [7, 11) is -3.28. The summed E-state index contributed by atoms with van der Waals surface area (Å²) in [6, 6.07) is 12.7. The number of fused-ring (bicyclic) bond motifs is 2. The number of hydrogen-bond donors (Lipinski definition) is 5. The van der Waals surface area contributed by atoms with Crippen molar-refractivity contribution in [1.82, 2.24) is 44.6 Å². The lowest BCUT2D eigenvalue weighted by Gasteiger charge is -2.48. The fourth-order valence-electron chi connectivity index (χ4n) is 7.72. The molecule has 6 heterocycles. The molecule has 1 atom stereocenters. The number of H-pyrrole nitrogens is 1. The maximum atomic E-state index is 13.3. The summed E-state index contributed by atoms with van der Waals surface area (Å²) in [6.07, 6.45) is 7.57. The highest BCUT2D eigenvalue weighted by atomic mass is 32.2. The van der Waals surface area contributed by atoms with Gasteiger partial charge in [-0.2, -0.15) is 14.4 Å². The van der Waals surface area contributed by atoms with Crippen molar-refractivity contribution in [3.05, 3.63) is 83.8 Å². The lowest BCUT2D eigenvalue weighted by molar-refractivity contribution is -0.136. The minimum Gasteiger partial charge on any atom is -0.384 e. The molecule has 2 fully saturated rings. The van der Waals surface area contributed by atoms with E-state index in [2.05, 4.69) is 36.3 Å². The molecule has 5 amide bonds. The van der Waals surface area contributed by atoms with E-state index in [1.165, 1.54) is 4.31 Å². The summed E-state index contributed by atoms with van der Waals surface area (Å²) >= 11 is 0. The smallest absolute Gasteiger partial charge is 0.264 e. The van der Waals surface area contributed by atoms with Gasteiger partial charge in [0.15, 0.2) is 0 Å². The maximum Gasteiger partial charge on any atom is 0.264 e. The van der Waals surface area contributed by atoms with Gasteiger partial charge in [0.2, 0.25) is 27.8 Å². The molecule has 0 radical (unpaired) electrons. The van der Waals surface area contributed by atoms with Crippen LogP contribution in [0.15, 0.2) is 67.1 Å². The summed E-state index contributed by atoms with van der Waals surface area (Å²) in [5, 5.41) is 17.0. The zero-order valence-electron chi connectivity index (χ0n) is 32.4. The van der Waals surface area contributed by atoms with E-state index in [9.17, 15) is 32.4 Å². The topological polar surface area (TPSA) is 233 Å². The van der Waals surface area contributed by atoms with E-state index >= 15 is 0 Å². The molecule has 0 saturated carbocycles. The number of amides is 5. The Kier molecular flexibility index (Phi) is 10.5. The zero-order valence-corrected chi connectivity index (χ0v) is 33.3. The van der Waals surface area contributed by atoms with E-state index in [0.29, 0.717) is 79.7 Å². The van der Waals surface area contributed by atoms with E-state index in [4.69, 9.17) is 4.98 Å². The van der Waals surface area contributed by atoms with Crippen molar-refractivity contribution in [1.29, 1.82) is 0 Å². The van der Waals surface area contributed by atoms with Gasteiger partial charge >= 0.3 is 0 Å². The van der Waals surface area contributed by atoms with Crippen molar-refractivity contribution in [3.63, 3.8) is 0 Å². The van der Waals surface area contributed by atoms with Crippen molar-refractivity contribution < 1.29 is 32.4 Å². The monoisotopic (exact) mass is 821 g/mol. The number of imide groups is 2. The first-order valence-corrected chi connectivity index (χ1v) is 21.1. The van der Waals surface area contributed by atoms with Gasteiger partial charge in [0.05, 0.1) is 34.3 Å². The molecule has 59 heavy (non-hydrogen) atoms. The second-order valence-corrected chi connectivity index (χ2v) is 17.1. The summed E-state index contributed by atoms with van der Waals surface area (Å²) < 4.78 is 28.2. The minimum atomic E-state index is -3.28. The molecule has 1 unspecified atom stereocenters. The first kappa shape index (κ1) is 39.4. The molecule has 3 aromatic heterocycles. The average Bonchev–Trinajstić information content (AvgIpc) is 3.95. The van der Waals surface area contributed by atoms with E-state index in [1.807, 2.05) is 23.9 Å². The van der Waals surface area contributed by atoms with E-state index in [0.717, 1.165) is 15.8 Å². The first-order chi connectivity index (χ1) is 28.4. The van der Waals surface area contributed by atoms with Crippen LogP contribution in [0.2, 0.25) is 0 Å². The van der Waals surface area contributed by atoms with Crippen LogP contribution < -0.4 is 21.3 Å². The van der Waals surface area contributed by atoms with Crippen molar-refractivity contribution in [2.24, 2.45) is 0 Å². The number of nitrogens with one attached hydrogen (secondary N) is 5. The number of carbonyl (C=O) groups excluding carboxylic acids is 5. The van der Waals surface area contributed by atoms with E-state index < -0.39 is 45.2 Å². The molecule has 306 valence electrons. The molecular weight excluding hydrogens is 779 g/mol. The van der Waals surface area contributed by atoms with Crippen LogP contribution >= 0.6 is 0 Å². The third-order valence-corrected chi connectivity index (χ3v) is 13.0. The number of aromatic nitrogens is 5. The number of piperidine rings is 1. The number of rotatable bonds is 15. The predicted molar refractivity (Wildman–Crippen MR) is 217 cm³/mol. The number of aromatic amines is 1. The Bertz CT molecular complexity index is 2600. The Morgan fingerprint density at radius 2 is 1.75 bits per heavy atom. The van der Waals surface area contributed by atoms with Crippen LogP contribution in [0, 0.1) is 0 Å². The molecule has 0 bridgehead atoms. The van der Waals surface area contributed by atoms with Crippen molar-refractivity contribution in [2.75, 3.05) is 42.6 Å². The highest BCUT2D eigenvalue weighted by molar-refractivity contribution is 7.89. The van der Waals surface area contributed by atoms with Crippen LogP contribution in [-0.4, -0.2) is 110 Å². The molecule has 0 aliphatic carbocycles. The zero-order chi connectivity index (χ0) is 41.5. The molecule has 18 nitrogen and oxygen atoms in total. The summed E-state index contributed by atoms with van der Waals surface area (Å²) in [6.45, 7) is 5.28. The van der Waals surface area contributed by atoms with E-state index in [-0.39, 0.29) is 35.6 Å². The largest absolute Gasteiger partial charge is 0.384 e. The number of nitrogens with zero attached hydrogens (tertiary/aromatic N) is 6. The van der Waals surface area contributed by atoms with Gasteiger partial charge in [0, 0.05) is 72.9 Å². The van der Waals surface area contributed by atoms with Gasteiger partial charge in [0.25, 0.3) is 17.7 Å². The molecule has 5 N–H and O–H groups in total. The Morgan fingerprint density at radius 3 is 2.49 bits per heavy atom.